The van der Waals surface area contributed by atoms with Gasteiger partial charge in [-0.15, -0.1) is 0 Å². The lowest BCUT2D eigenvalue weighted by molar-refractivity contribution is 0.587. The third kappa shape index (κ3) is 4.86. The molecule has 0 aromatic heterocycles. The van der Waals surface area contributed by atoms with Gasteiger partial charge in [0.15, 0.2) is 0 Å². The first kappa shape index (κ1) is 22.2. The molecule has 154 valence electrons. The summed E-state index contributed by atoms with van der Waals surface area (Å²) < 4.78 is 54.7. The molecule has 0 atom stereocenters. The molecule has 1 N–H and O–H groups in total. The molecule has 6 nitrogen and oxygen atoms in total. The highest BCUT2D eigenvalue weighted by Crippen LogP contribution is 2.34. The van der Waals surface area contributed by atoms with Crippen molar-refractivity contribution in [2.45, 2.75) is 45.4 Å². The summed E-state index contributed by atoms with van der Waals surface area (Å²) in [6, 6.07) is 10.7. The van der Waals surface area contributed by atoms with E-state index in [1.165, 1.54) is 4.31 Å². The van der Waals surface area contributed by atoms with Crippen molar-refractivity contribution in [2.24, 2.45) is 0 Å². The van der Waals surface area contributed by atoms with Crippen molar-refractivity contribution in [3.05, 3.63) is 53.1 Å². The highest BCUT2D eigenvalue weighted by atomic mass is 32.2. The topological polar surface area (TPSA) is 83.6 Å². The molecule has 0 aliphatic heterocycles. The van der Waals surface area contributed by atoms with Gasteiger partial charge < -0.3 is 0 Å². The zero-order chi connectivity index (χ0) is 21.1. The van der Waals surface area contributed by atoms with Gasteiger partial charge in [0.2, 0.25) is 10.0 Å². The van der Waals surface area contributed by atoms with Gasteiger partial charge in [-0.25, -0.2) is 16.8 Å². The Morgan fingerprint density at radius 1 is 0.964 bits per heavy atom. The second-order valence-corrected chi connectivity index (χ2v) is 10.5. The minimum absolute atomic E-state index is 0.143. The number of nitrogens with zero attached hydrogens (tertiary/aromatic N) is 1. The summed E-state index contributed by atoms with van der Waals surface area (Å²) in [6.07, 6.45) is 2.62. The number of hydrogen-bond donors (Lipinski definition) is 1. The van der Waals surface area contributed by atoms with Crippen LogP contribution in [0, 0.1) is 20.8 Å². The van der Waals surface area contributed by atoms with Gasteiger partial charge in [0.1, 0.15) is 0 Å². The molecule has 0 unspecified atom stereocenters. The highest BCUT2D eigenvalue weighted by molar-refractivity contribution is 7.93. The van der Waals surface area contributed by atoms with Gasteiger partial charge in [-0.1, -0.05) is 37.6 Å². The number of hydrogen-bond acceptors (Lipinski definition) is 4. The molecule has 8 heteroatoms. The highest BCUT2D eigenvalue weighted by Gasteiger charge is 2.30. The summed E-state index contributed by atoms with van der Waals surface area (Å²) in [6.45, 7) is 7.50. The maximum atomic E-state index is 13.7. The summed E-state index contributed by atoms with van der Waals surface area (Å²) in [7, 11) is -7.43. The minimum atomic E-state index is -3.88. The van der Waals surface area contributed by atoms with E-state index in [0.717, 1.165) is 12.7 Å². The maximum absolute atomic E-state index is 13.7. The van der Waals surface area contributed by atoms with Gasteiger partial charge in [-0.3, -0.25) is 9.03 Å². The number of anilines is 2. The molecule has 0 saturated carbocycles. The van der Waals surface area contributed by atoms with Crippen LogP contribution in [0.4, 0.5) is 11.4 Å². The minimum Gasteiger partial charge on any atom is -0.283 e. The van der Waals surface area contributed by atoms with Crippen molar-refractivity contribution in [3.8, 4) is 0 Å². The number of sulfonamides is 2. The Bertz CT molecular complexity index is 1050. The molecule has 28 heavy (non-hydrogen) atoms. The van der Waals surface area contributed by atoms with Crippen LogP contribution in [0.3, 0.4) is 0 Å². The molecule has 0 spiro atoms. The summed E-state index contributed by atoms with van der Waals surface area (Å²) in [5, 5.41) is 0. The van der Waals surface area contributed by atoms with Crippen molar-refractivity contribution in [3.63, 3.8) is 0 Å². The zero-order valence-electron chi connectivity index (χ0n) is 17.0. The standard InChI is InChI=1S/C20H28N2O4S2/c1-6-7-13-22(18-11-9-8-10-12-18)28(25,26)20-16(3)14-15(2)19(17(20)4)21-27(5,23)24/h8-12,14,21H,6-7,13H2,1-5H3. The monoisotopic (exact) mass is 424 g/mol. The molecular formula is C20H28N2O4S2. The first-order chi connectivity index (χ1) is 13.0. The van der Waals surface area contributed by atoms with E-state index >= 15 is 0 Å². The van der Waals surface area contributed by atoms with E-state index in [0.29, 0.717) is 41.0 Å². The molecule has 0 heterocycles. The lowest BCUT2D eigenvalue weighted by Crippen LogP contribution is -2.33. The number of benzene rings is 2. The van der Waals surface area contributed by atoms with E-state index in [4.69, 9.17) is 0 Å². The van der Waals surface area contributed by atoms with Crippen LogP contribution in [-0.4, -0.2) is 29.6 Å². The molecule has 2 aromatic rings. The third-order valence-electron chi connectivity index (χ3n) is 4.50. The average Bonchev–Trinajstić information content (AvgIpc) is 2.58. The van der Waals surface area contributed by atoms with Gasteiger partial charge in [-0.05, 0) is 56.0 Å². The number of para-hydroxylation sites is 1. The second-order valence-electron chi connectivity index (χ2n) is 6.98. The molecule has 0 aliphatic carbocycles. The van der Waals surface area contributed by atoms with Crippen molar-refractivity contribution < 1.29 is 16.8 Å². The van der Waals surface area contributed by atoms with Crippen molar-refractivity contribution in [1.29, 1.82) is 0 Å². The van der Waals surface area contributed by atoms with Crippen LogP contribution in [0.25, 0.3) is 0 Å². The van der Waals surface area contributed by atoms with Crippen LogP contribution in [0.5, 0.6) is 0 Å². The fourth-order valence-electron chi connectivity index (χ4n) is 3.30. The molecule has 0 radical (unpaired) electrons. The van der Waals surface area contributed by atoms with E-state index in [2.05, 4.69) is 4.72 Å². The lowest BCUT2D eigenvalue weighted by Gasteiger charge is -2.27. The predicted molar refractivity (Wildman–Crippen MR) is 115 cm³/mol. The Balaban J connectivity index is 2.70. The number of nitrogens with one attached hydrogen (secondary N) is 1. The quantitative estimate of drug-likeness (QED) is 0.695. The molecule has 0 amide bonds. The second kappa shape index (κ2) is 8.53. The van der Waals surface area contributed by atoms with Gasteiger partial charge in [0.05, 0.1) is 22.5 Å². The van der Waals surface area contributed by atoms with Crippen LogP contribution in [0.15, 0.2) is 41.3 Å². The first-order valence-corrected chi connectivity index (χ1v) is 12.5. The lowest BCUT2D eigenvalue weighted by atomic mass is 10.1. The summed E-state index contributed by atoms with van der Waals surface area (Å²) >= 11 is 0. The normalized spacial score (nSPS) is 12.0. The van der Waals surface area contributed by atoms with Gasteiger partial charge >= 0.3 is 0 Å². The Labute approximate surface area is 168 Å². The molecule has 0 aliphatic rings. The van der Waals surface area contributed by atoms with Crippen LogP contribution in [0.1, 0.15) is 36.5 Å². The zero-order valence-corrected chi connectivity index (χ0v) is 18.6. The summed E-state index contributed by atoms with van der Waals surface area (Å²) in [4.78, 5) is 0.143. The van der Waals surface area contributed by atoms with Crippen LogP contribution in [-0.2, 0) is 20.0 Å². The predicted octanol–water partition coefficient (Wildman–Crippen LogP) is 3.98. The molecule has 2 rings (SSSR count). The van der Waals surface area contributed by atoms with Crippen molar-refractivity contribution in [2.75, 3.05) is 21.8 Å². The van der Waals surface area contributed by atoms with Gasteiger partial charge in [0.25, 0.3) is 10.0 Å². The Kier molecular flexibility index (Phi) is 6.77. The smallest absolute Gasteiger partial charge is 0.264 e. The van der Waals surface area contributed by atoms with E-state index in [1.807, 2.05) is 13.0 Å². The summed E-state index contributed by atoms with van der Waals surface area (Å²) in [5.41, 5.74) is 2.58. The van der Waals surface area contributed by atoms with Crippen LogP contribution in [0.2, 0.25) is 0 Å². The van der Waals surface area contributed by atoms with E-state index in [9.17, 15) is 16.8 Å². The SMILES string of the molecule is CCCCN(c1ccccc1)S(=O)(=O)c1c(C)cc(C)c(NS(C)(=O)=O)c1C. The molecule has 0 saturated heterocycles. The summed E-state index contributed by atoms with van der Waals surface area (Å²) in [5.74, 6) is 0. The largest absolute Gasteiger partial charge is 0.283 e. The first-order valence-electron chi connectivity index (χ1n) is 9.15. The Morgan fingerprint density at radius 3 is 2.11 bits per heavy atom. The Hall–Kier alpha value is -2.06. The molecule has 0 fully saturated rings. The van der Waals surface area contributed by atoms with Gasteiger partial charge in [-0.2, -0.15) is 0 Å². The average molecular weight is 425 g/mol. The Morgan fingerprint density at radius 2 is 1.57 bits per heavy atom. The third-order valence-corrected chi connectivity index (χ3v) is 7.19. The van der Waals surface area contributed by atoms with Crippen molar-refractivity contribution >= 4 is 31.4 Å². The number of unbranched alkanes of at least 4 members (excludes halogenated alkanes) is 1. The van der Waals surface area contributed by atoms with E-state index in [1.54, 1.807) is 51.1 Å². The van der Waals surface area contributed by atoms with Crippen molar-refractivity contribution in [1.82, 2.24) is 0 Å². The van der Waals surface area contributed by atoms with Gasteiger partial charge in [0, 0.05) is 6.54 Å². The van der Waals surface area contributed by atoms with Crippen LogP contribution >= 0.6 is 0 Å². The molecular weight excluding hydrogens is 396 g/mol. The fraction of sp³-hybridized carbons (Fsp3) is 0.400. The number of rotatable bonds is 8. The fourth-order valence-corrected chi connectivity index (χ4v) is 5.93. The number of aryl methyl sites for hydroxylation is 2. The molecule has 0 bridgehead atoms. The molecule has 2 aromatic carbocycles. The maximum Gasteiger partial charge on any atom is 0.264 e. The van der Waals surface area contributed by atoms with E-state index in [-0.39, 0.29) is 4.90 Å². The van der Waals surface area contributed by atoms with Crippen LogP contribution < -0.4 is 9.03 Å². The van der Waals surface area contributed by atoms with E-state index < -0.39 is 20.0 Å².